The summed E-state index contributed by atoms with van der Waals surface area (Å²) in [6.45, 7) is 2.76. The Hall–Kier alpha value is -2.62. The molecule has 1 N–H and O–H groups in total. The van der Waals surface area contributed by atoms with Crippen molar-refractivity contribution in [2.24, 2.45) is 7.05 Å². The molecule has 0 saturated carbocycles. The van der Waals surface area contributed by atoms with E-state index in [1.165, 1.54) is 27.5 Å². The summed E-state index contributed by atoms with van der Waals surface area (Å²) >= 11 is 0. The molecule has 1 aromatic carbocycles. The Morgan fingerprint density at radius 2 is 1.81 bits per heavy atom. The lowest BCUT2D eigenvalue weighted by Crippen LogP contribution is -2.40. The van der Waals surface area contributed by atoms with Gasteiger partial charge in [0.25, 0.3) is 5.91 Å². The molecular formula is C23H28N4O4S. The van der Waals surface area contributed by atoms with Gasteiger partial charge in [-0.3, -0.25) is 4.79 Å². The number of aromatic amines is 1. The van der Waals surface area contributed by atoms with Gasteiger partial charge in [-0.05, 0) is 36.5 Å². The maximum atomic E-state index is 13.2. The summed E-state index contributed by atoms with van der Waals surface area (Å²) in [5.74, 6) is 0.286. The first-order valence-corrected chi connectivity index (χ1v) is 12.5. The maximum Gasteiger partial charge on any atom is 0.270 e. The molecule has 2 fully saturated rings. The first-order chi connectivity index (χ1) is 15.4. The van der Waals surface area contributed by atoms with Crippen LogP contribution >= 0.6 is 0 Å². The van der Waals surface area contributed by atoms with Crippen LogP contribution in [0.3, 0.4) is 0 Å². The highest BCUT2D eigenvalue weighted by Crippen LogP contribution is 2.33. The fraction of sp³-hybridized carbons (Fsp3) is 0.435. The van der Waals surface area contributed by atoms with Crippen LogP contribution in [0.25, 0.3) is 10.9 Å². The van der Waals surface area contributed by atoms with Gasteiger partial charge in [-0.15, -0.1) is 0 Å². The van der Waals surface area contributed by atoms with Crippen LogP contribution < -0.4 is 0 Å². The number of ether oxygens (including phenoxy) is 1. The molecular weight excluding hydrogens is 428 g/mol. The lowest BCUT2D eigenvalue weighted by Gasteiger charge is -2.32. The van der Waals surface area contributed by atoms with Crippen LogP contribution in [0.4, 0.5) is 0 Å². The number of sulfonamides is 1. The smallest absolute Gasteiger partial charge is 0.270 e. The van der Waals surface area contributed by atoms with Crippen molar-refractivity contribution < 1.29 is 17.9 Å². The molecule has 2 saturated heterocycles. The second-order valence-corrected chi connectivity index (χ2v) is 10.5. The molecule has 0 atom stereocenters. The molecule has 170 valence electrons. The maximum absolute atomic E-state index is 13.2. The number of likely N-dealkylation sites (tertiary alicyclic amines) is 1. The molecule has 1 amide bonds. The number of carbonyl (C=O) groups is 1. The topological polar surface area (TPSA) is 87.6 Å². The normalized spacial score (nSPS) is 19.0. The molecule has 5 rings (SSSR count). The van der Waals surface area contributed by atoms with E-state index in [1.807, 2.05) is 11.0 Å². The van der Waals surface area contributed by atoms with E-state index in [0.29, 0.717) is 51.0 Å². The van der Waals surface area contributed by atoms with Gasteiger partial charge in [-0.2, -0.15) is 4.31 Å². The summed E-state index contributed by atoms with van der Waals surface area (Å²) in [6, 6.07) is 9.81. The average molecular weight is 457 g/mol. The van der Waals surface area contributed by atoms with Crippen LogP contribution in [-0.4, -0.2) is 72.5 Å². The van der Waals surface area contributed by atoms with Crippen LogP contribution in [0.1, 0.15) is 34.8 Å². The lowest BCUT2D eigenvalue weighted by atomic mass is 9.89. The predicted molar refractivity (Wildman–Crippen MR) is 121 cm³/mol. The number of aromatic nitrogens is 2. The monoisotopic (exact) mass is 456 g/mol. The number of morpholine rings is 1. The van der Waals surface area contributed by atoms with Crippen molar-refractivity contribution in [2.45, 2.75) is 23.7 Å². The van der Waals surface area contributed by atoms with E-state index in [4.69, 9.17) is 4.74 Å². The quantitative estimate of drug-likeness (QED) is 0.654. The molecule has 3 aromatic rings. The van der Waals surface area contributed by atoms with Crippen LogP contribution in [0.15, 0.2) is 47.6 Å². The molecule has 0 bridgehead atoms. The van der Waals surface area contributed by atoms with E-state index < -0.39 is 10.0 Å². The van der Waals surface area contributed by atoms with E-state index in [9.17, 15) is 13.2 Å². The number of piperidine rings is 1. The second kappa shape index (κ2) is 8.38. The zero-order valence-corrected chi connectivity index (χ0v) is 19.0. The number of nitrogens with zero attached hydrogens (tertiary/aromatic N) is 3. The number of carbonyl (C=O) groups excluding carboxylic acids is 1. The zero-order chi connectivity index (χ0) is 22.3. The van der Waals surface area contributed by atoms with Crippen LogP contribution in [-0.2, 0) is 21.8 Å². The van der Waals surface area contributed by atoms with Gasteiger partial charge in [0.1, 0.15) is 10.6 Å². The minimum atomic E-state index is -3.63. The number of amides is 1. The number of benzene rings is 1. The van der Waals surface area contributed by atoms with Gasteiger partial charge < -0.3 is 19.2 Å². The van der Waals surface area contributed by atoms with Crippen LogP contribution in [0.2, 0.25) is 0 Å². The Bertz CT molecular complexity index is 1230. The fourth-order valence-electron chi connectivity index (χ4n) is 4.81. The summed E-state index contributed by atoms with van der Waals surface area (Å²) in [7, 11) is -1.90. The Labute approximate surface area is 187 Å². The largest absolute Gasteiger partial charge is 0.379 e. The number of para-hydroxylation sites is 1. The average Bonchev–Trinajstić information content (AvgIpc) is 3.43. The van der Waals surface area contributed by atoms with Crippen molar-refractivity contribution in [3.05, 3.63) is 54.0 Å². The standard InChI is InChI=1S/C23H28N4O4S/c1-25-16-18(32(29,30)27-10-12-31-13-11-27)14-22(25)23(28)26-8-6-17(7-9-26)20-15-24-21-5-3-2-4-19(20)21/h2-5,14-17,24H,6-13H2,1H3. The summed E-state index contributed by atoms with van der Waals surface area (Å²) in [5.41, 5.74) is 2.85. The highest BCUT2D eigenvalue weighted by Gasteiger charge is 2.31. The number of aryl methyl sites for hydroxylation is 1. The first kappa shape index (κ1) is 21.2. The summed E-state index contributed by atoms with van der Waals surface area (Å²) in [4.78, 5) is 18.6. The summed E-state index contributed by atoms with van der Waals surface area (Å²) in [5, 5.41) is 1.25. The number of hydrogen-bond acceptors (Lipinski definition) is 4. The van der Waals surface area contributed by atoms with E-state index >= 15 is 0 Å². The second-order valence-electron chi connectivity index (χ2n) is 8.54. The molecule has 0 aliphatic carbocycles. The van der Waals surface area contributed by atoms with E-state index in [2.05, 4.69) is 29.4 Å². The molecule has 2 aromatic heterocycles. The molecule has 2 aliphatic rings. The van der Waals surface area contributed by atoms with Crippen molar-refractivity contribution in [3.63, 3.8) is 0 Å². The van der Waals surface area contributed by atoms with Gasteiger partial charge in [-0.1, -0.05) is 18.2 Å². The van der Waals surface area contributed by atoms with Gasteiger partial charge >= 0.3 is 0 Å². The van der Waals surface area contributed by atoms with Gasteiger partial charge in [0.2, 0.25) is 10.0 Å². The molecule has 2 aliphatic heterocycles. The number of hydrogen-bond donors (Lipinski definition) is 1. The van der Waals surface area contributed by atoms with Crippen molar-refractivity contribution >= 4 is 26.8 Å². The highest BCUT2D eigenvalue weighted by atomic mass is 32.2. The van der Waals surface area contributed by atoms with Gasteiger partial charge in [0, 0.05) is 56.5 Å². The van der Waals surface area contributed by atoms with Crippen molar-refractivity contribution in [2.75, 3.05) is 39.4 Å². The third-order valence-electron chi connectivity index (χ3n) is 6.65. The van der Waals surface area contributed by atoms with Crippen molar-refractivity contribution in [1.82, 2.24) is 18.8 Å². The molecule has 32 heavy (non-hydrogen) atoms. The molecule has 8 nitrogen and oxygen atoms in total. The fourth-order valence-corrected chi connectivity index (χ4v) is 6.29. The molecule has 0 spiro atoms. The predicted octanol–water partition coefficient (Wildman–Crippen LogP) is 2.55. The minimum Gasteiger partial charge on any atom is -0.379 e. The Morgan fingerprint density at radius 3 is 2.56 bits per heavy atom. The van der Waals surface area contributed by atoms with E-state index in [1.54, 1.807) is 11.6 Å². The minimum absolute atomic E-state index is 0.117. The van der Waals surface area contributed by atoms with E-state index in [0.717, 1.165) is 18.4 Å². The van der Waals surface area contributed by atoms with Crippen LogP contribution in [0, 0.1) is 0 Å². The SMILES string of the molecule is Cn1cc(S(=O)(=O)N2CCOCC2)cc1C(=O)N1CCC(c2c[nH]c3ccccc23)CC1. The van der Waals surface area contributed by atoms with Crippen LogP contribution in [0.5, 0.6) is 0 Å². The van der Waals surface area contributed by atoms with Crippen molar-refractivity contribution in [3.8, 4) is 0 Å². The molecule has 4 heterocycles. The van der Waals surface area contributed by atoms with Gasteiger partial charge in [0.15, 0.2) is 0 Å². The Morgan fingerprint density at radius 1 is 1.09 bits per heavy atom. The van der Waals surface area contributed by atoms with Gasteiger partial charge in [-0.25, -0.2) is 8.42 Å². The lowest BCUT2D eigenvalue weighted by molar-refractivity contribution is 0.0703. The van der Waals surface area contributed by atoms with Gasteiger partial charge in [0.05, 0.1) is 13.2 Å². The third kappa shape index (κ3) is 3.74. The Kier molecular flexibility index (Phi) is 5.56. The molecule has 9 heteroatoms. The first-order valence-electron chi connectivity index (χ1n) is 11.0. The van der Waals surface area contributed by atoms with Crippen molar-refractivity contribution in [1.29, 1.82) is 0 Å². The highest BCUT2D eigenvalue weighted by molar-refractivity contribution is 7.89. The Balaban J connectivity index is 1.29. The zero-order valence-electron chi connectivity index (χ0n) is 18.2. The summed E-state index contributed by atoms with van der Waals surface area (Å²) in [6.07, 6.45) is 5.40. The summed E-state index contributed by atoms with van der Waals surface area (Å²) < 4.78 is 34.2. The number of nitrogens with one attached hydrogen (secondary N) is 1. The van der Waals surface area contributed by atoms with E-state index in [-0.39, 0.29) is 10.8 Å². The molecule has 0 unspecified atom stereocenters. The molecule has 0 radical (unpaired) electrons. The number of H-pyrrole nitrogens is 1. The number of rotatable bonds is 4. The third-order valence-corrected chi connectivity index (χ3v) is 8.51. The number of fused-ring (bicyclic) bond motifs is 1.